The first-order valence-corrected chi connectivity index (χ1v) is 13.3. The fourth-order valence-corrected chi connectivity index (χ4v) is 4.54. The number of amides is 1. The van der Waals surface area contributed by atoms with Crippen LogP contribution in [0.5, 0.6) is 5.75 Å². The molecule has 0 radical (unpaired) electrons. The van der Waals surface area contributed by atoms with Crippen LogP contribution in [0.3, 0.4) is 0 Å². The molecule has 0 aliphatic heterocycles. The zero-order valence-corrected chi connectivity index (χ0v) is 21.5. The number of carbonyl (C=O) groups is 1. The summed E-state index contributed by atoms with van der Waals surface area (Å²) in [5.41, 5.74) is 2.72. The Morgan fingerprint density at radius 3 is 2.50 bits per heavy atom. The van der Waals surface area contributed by atoms with Gasteiger partial charge in [0.05, 0.1) is 18.3 Å². The van der Waals surface area contributed by atoms with Crippen LogP contribution in [0.15, 0.2) is 35.5 Å². The number of carbonyl (C=O) groups excluding carboxylic acids is 1. The number of benzene rings is 1. The van der Waals surface area contributed by atoms with E-state index in [0.29, 0.717) is 48.2 Å². The van der Waals surface area contributed by atoms with Crippen molar-refractivity contribution in [2.75, 3.05) is 23.7 Å². The molecule has 2 aromatic heterocycles. The summed E-state index contributed by atoms with van der Waals surface area (Å²) < 4.78 is 35.4. The molecule has 3 rings (SSSR count). The van der Waals surface area contributed by atoms with E-state index >= 15 is 0 Å². The number of methoxy groups -OCH3 is 1. The number of ether oxygens (including phenoxy) is 1. The highest BCUT2D eigenvalue weighted by atomic mass is 32.2. The average Bonchev–Trinajstić information content (AvgIpc) is 3.24. The number of rotatable bonds is 14. The molecule has 0 unspecified atom stereocenters. The number of hydrogen-bond donors (Lipinski definition) is 4. The number of sulfonamides is 1. The minimum Gasteiger partial charge on any atom is -0.497 e. The van der Waals surface area contributed by atoms with Gasteiger partial charge in [0.25, 0.3) is 10.0 Å². The lowest BCUT2D eigenvalue weighted by Gasteiger charge is -2.12. The summed E-state index contributed by atoms with van der Waals surface area (Å²) in [6.45, 7) is 5.40. The van der Waals surface area contributed by atoms with Crippen molar-refractivity contribution in [2.24, 2.45) is 5.92 Å². The van der Waals surface area contributed by atoms with Gasteiger partial charge in [0.2, 0.25) is 11.9 Å². The summed E-state index contributed by atoms with van der Waals surface area (Å²) in [5.74, 6) is 0.877. The summed E-state index contributed by atoms with van der Waals surface area (Å²) in [5, 5.41) is 11.8. The first kappa shape index (κ1) is 27.1. The molecule has 0 aliphatic carbocycles. The molecule has 0 aliphatic rings. The van der Waals surface area contributed by atoms with E-state index in [1.165, 1.54) is 19.2 Å². The van der Waals surface area contributed by atoms with E-state index in [2.05, 4.69) is 38.8 Å². The minimum atomic E-state index is -3.93. The van der Waals surface area contributed by atoms with Gasteiger partial charge in [-0.25, -0.2) is 23.6 Å². The third-order valence-corrected chi connectivity index (χ3v) is 6.71. The molecule has 196 valence electrons. The number of hydrogen-bond acceptors (Lipinski definition) is 9. The van der Waals surface area contributed by atoms with Crippen molar-refractivity contribution < 1.29 is 23.2 Å². The van der Waals surface area contributed by atoms with Crippen molar-refractivity contribution in [2.45, 2.75) is 57.4 Å². The van der Waals surface area contributed by atoms with E-state index in [9.17, 15) is 13.2 Å². The van der Waals surface area contributed by atoms with Gasteiger partial charge in [0, 0.05) is 19.5 Å². The molecule has 0 saturated heterocycles. The Morgan fingerprint density at radius 1 is 1.11 bits per heavy atom. The number of hydroxylamine groups is 1. The molecule has 2 heterocycles. The number of aromatic nitrogens is 4. The van der Waals surface area contributed by atoms with Crippen LogP contribution in [0.2, 0.25) is 0 Å². The lowest BCUT2D eigenvalue weighted by atomic mass is 10.1. The second-order valence-corrected chi connectivity index (χ2v) is 10.4. The van der Waals surface area contributed by atoms with Crippen molar-refractivity contribution in [3.05, 3.63) is 30.6 Å². The van der Waals surface area contributed by atoms with Crippen LogP contribution < -0.4 is 20.3 Å². The summed E-state index contributed by atoms with van der Waals surface area (Å²) in [6.07, 6.45) is 5.16. The summed E-state index contributed by atoms with van der Waals surface area (Å²) in [6, 6.07) is 6.04. The standard InChI is InChI=1S/C23H33N7O5S/c1-16(2)14-30-15-25-20-21(24-13-7-5-4-6-8-19(31)28-32)26-23(27-22(20)30)29-36(33,34)18-11-9-17(35-3)10-12-18/h9-12,15-16,32H,4-8,13-14H2,1-3H3,(H,28,31)(H2,24,26,27,29). The molecule has 0 fully saturated rings. The number of anilines is 2. The number of nitrogens with one attached hydrogen (secondary N) is 3. The van der Waals surface area contributed by atoms with Crippen molar-refractivity contribution in [1.29, 1.82) is 0 Å². The maximum atomic E-state index is 13.0. The Kier molecular flexibility index (Phi) is 9.42. The Hall–Kier alpha value is -3.45. The smallest absolute Gasteiger partial charge is 0.264 e. The molecular formula is C23H33N7O5S. The Bertz CT molecular complexity index is 1260. The second-order valence-electron chi connectivity index (χ2n) is 8.77. The monoisotopic (exact) mass is 519 g/mol. The highest BCUT2D eigenvalue weighted by Gasteiger charge is 2.19. The molecule has 13 heteroatoms. The van der Waals surface area contributed by atoms with Crippen molar-refractivity contribution in [3.8, 4) is 5.75 Å². The molecule has 36 heavy (non-hydrogen) atoms. The third-order valence-electron chi connectivity index (χ3n) is 5.37. The summed E-state index contributed by atoms with van der Waals surface area (Å²) in [4.78, 5) is 24.5. The molecule has 12 nitrogen and oxygen atoms in total. The molecule has 1 amide bonds. The maximum absolute atomic E-state index is 13.0. The highest BCUT2D eigenvalue weighted by Crippen LogP contribution is 2.24. The topological polar surface area (TPSA) is 160 Å². The Balaban J connectivity index is 1.77. The zero-order chi connectivity index (χ0) is 26.1. The highest BCUT2D eigenvalue weighted by molar-refractivity contribution is 7.92. The molecule has 0 atom stereocenters. The first-order valence-electron chi connectivity index (χ1n) is 11.8. The van der Waals surface area contributed by atoms with Crippen LogP contribution in [0, 0.1) is 5.92 Å². The lowest BCUT2D eigenvalue weighted by Crippen LogP contribution is -2.17. The van der Waals surface area contributed by atoms with E-state index in [0.717, 1.165) is 19.3 Å². The minimum absolute atomic E-state index is 0.0543. The van der Waals surface area contributed by atoms with Gasteiger partial charge < -0.3 is 14.6 Å². The normalized spacial score (nSPS) is 11.6. The predicted octanol–water partition coefficient (Wildman–Crippen LogP) is 3.16. The average molecular weight is 520 g/mol. The molecule has 4 N–H and O–H groups in total. The van der Waals surface area contributed by atoms with Crippen molar-refractivity contribution >= 4 is 38.9 Å². The van der Waals surface area contributed by atoms with E-state index in [-0.39, 0.29) is 17.3 Å². The number of nitrogens with zero attached hydrogens (tertiary/aromatic N) is 4. The second kappa shape index (κ2) is 12.5. The van der Waals surface area contributed by atoms with Crippen LogP contribution in [-0.2, 0) is 21.4 Å². The predicted molar refractivity (Wildman–Crippen MR) is 135 cm³/mol. The first-order chi connectivity index (χ1) is 17.2. The van der Waals surface area contributed by atoms with Gasteiger partial charge in [-0.2, -0.15) is 9.97 Å². The number of unbranched alkanes of at least 4 members (excludes halogenated alkanes) is 3. The molecular weight excluding hydrogens is 486 g/mol. The van der Waals surface area contributed by atoms with E-state index in [4.69, 9.17) is 9.94 Å². The number of fused-ring (bicyclic) bond motifs is 1. The largest absolute Gasteiger partial charge is 0.497 e. The van der Waals surface area contributed by atoms with Gasteiger partial charge in [-0.1, -0.05) is 26.7 Å². The number of imidazole rings is 1. The fourth-order valence-electron chi connectivity index (χ4n) is 3.60. The summed E-state index contributed by atoms with van der Waals surface area (Å²) >= 11 is 0. The lowest BCUT2D eigenvalue weighted by molar-refractivity contribution is -0.129. The molecule has 0 saturated carbocycles. The fraction of sp³-hybridized carbons (Fsp3) is 0.478. The van der Waals surface area contributed by atoms with Gasteiger partial charge >= 0.3 is 0 Å². The van der Waals surface area contributed by atoms with Crippen molar-refractivity contribution in [3.63, 3.8) is 0 Å². The quantitative estimate of drug-likeness (QED) is 0.142. The molecule has 1 aromatic carbocycles. The van der Waals surface area contributed by atoms with Crippen LogP contribution >= 0.6 is 0 Å². The third kappa shape index (κ3) is 7.28. The maximum Gasteiger partial charge on any atom is 0.264 e. The SMILES string of the molecule is COc1ccc(S(=O)(=O)Nc2nc(NCCCCCCC(=O)NO)c3ncn(CC(C)C)c3n2)cc1. The van der Waals surface area contributed by atoms with Gasteiger partial charge in [-0.15, -0.1) is 0 Å². The van der Waals surface area contributed by atoms with Crippen LogP contribution in [0.4, 0.5) is 11.8 Å². The van der Waals surface area contributed by atoms with Crippen LogP contribution in [0.25, 0.3) is 11.2 Å². The van der Waals surface area contributed by atoms with Gasteiger partial charge in [0.15, 0.2) is 17.0 Å². The van der Waals surface area contributed by atoms with Gasteiger partial charge in [-0.05, 0) is 43.0 Å². The van der Waals surface area contributed by atoms with E-state index in [1.54, 1.807) is 23.9 Å². The van der Waals surface area contributed by atoms with Crippen molar-refractivity contribution in [1.82, 2.24) is 25.0 Å². The van der Waals surface area contributed by atoms with E-state index in [1.807, 2.05) is 4.57 Å². The zero-order valence-electron chi connectivity index (χ0n) is 20.7. The molecule has 0 spiro atoms. The van der Waals surface area contributed by atoms with Crippen LogP contribution in [-0.4, -0.2) is 52.7 Å². The molecule has 0 bridgehead atoms. The van der Waals surface area contributed by atoms with Gasteiger partial charge in [0.1, 0.15) is 5.75 Å². The van der Waals surface area contributed by atoms with Crippen LogP contribution in [0.1, 0.15) is 46.0 Å². The molecule has 3 aromatic rings. The summed E-state index contributed by atoms with van der Waals surface area (Å²) in [7, 11) is -2.42. The Labute approximate surface area is 210 Å². The van der Waals surface area contributed by atoms with E-state index < -0.39 is 15.9 Å². The Morgan fingerprint density at radius 2 is 1.83 bits per heavy atom. The van der Waals surface area contributed by atoms with Gasteiger partial charge in [-0.3, -0.25) is 10.0 Å².